The van der Waals surface area contributed by atoms with Gasteiger partial charge in [0.25, 0.3) is 0 Å². The van der Waals surface area contributed by atoms with Gasteiger partial charge in [0.05, 0.1) is 5.69 Å². The molecule has 5 nitrogen and oxygen atoms in total. The summed E-state index contributed by atoms with van der Waals surface area (Å²) in [5.41, 5.74) is 3.58. The van der Waals surface area contributed by atoms with Crippen molar-refractivity contribution in [3.05, 3.63) is 28.7 Å². The van der Waals surface area contributed by atoms with Gasteiger partial charge in [0.15, 0.2) is 0 Å². The summed E-state index contributed by atoms with van der Waals surface area (Å²) in [4.78, 5) is 8.72. The van der Waals surface area contributed by atoms with Gasteiger partial charge in [-0.3, -0.25) is 0 Å². The number of nitrogens with zero attached hydrogens (tertiary/aromatic N) is 2. The molecule has 0 saturated heterocycles. The van der Waals surface area contributed by atoms with Crippen LogP contribution < -0.4 is 16.6 Å². The molecule has 90 valence electrons. The largest absolute Gasteiger partial charge is 0.339 e. The molecule has 0 aliphatic rings. The SMILES string of the molecule is CCCc1nc(NN)cc(Nc2ccsc2)n1. The molecule has 0 aromatic carbocycles. The number of nitrogens with one attached hydrogen (secondary N) is 2. The second-order valence-electron chi connectivity index (χ2n) is 3.59. The Morgan fingerprint density at radius 2 is 2.18 bits per heavy atom. The smallest absolute Gasteiger partial charge is 0.145 e. The number of rotatable bonds is 5. The third kappa shape index (κ3) is 3.15. The first kappa shape index (κ1) is 11.8. The molecule has 0 fully saturated rings. The second-order valence-corrected chi connectivity index (χ2v) is 4.37. The molecule has 17 heavy (non-hydrogen) atoms. The van der Waals surface area contributed by atoms with Gasteiger partial charge in [-0.1, -0.05) is 6.92 Å². The Hall–Kier alpha value is -1.66. The summed E-state index contributed by atoms with van der Waals surface area (Å²) in [6.07, 6.45) is 1.85. The third-order valence-corrected chi connectivity index (χ3v) is 2.87. The van der Waals surface area contributed by atoms with Gasteiger partial charge in [-0.15, -0.1) is 0 Å². The molecule has 0 aliphatic heterocycles. The average molecular weight is 249 g/mol. The number of aryl methyl sites for hydroxylation is 1. The van der Waals surface area contributed by atoms with E-state index in [1.807, 2.05) is 16.8 Å². The summed E-state index contributed by atoms with van der Waals surface area (Å²) in [7, 11) is 0. The van der Waals surface area contributed by atoms with E-state index in [9.17, 15) is 0 Å². The van der Waals surface area contributed by atoms with E-state index in [4.69, 9.17) is 5.84 Å². The van der Waals surface area contributed by atoms with E-state index in [1.54, 1.807) is 17.4 Å². The van der Waals surface area contributed by atoms with Crippen LogP contribution in [0.4, 0.5) is 17.3 Å². The van der Waals surface area contributed by atoms with Crippen LogP contribution in [0.1, 0.15) is 19.2 Å². The van der Waals surface area contributed by atoms with Crippen molar-refractivity contribution in [2.24, 2.45) is 5.84 Å². The Morgan fingerprint density at radius 3 is 2.82 bits per heavy atom. The summed E-state index contributed by atoms with van der Waals surface area (Å²) in [6, 6.07) is 3.79. The van der Waals surface area contributed by atoms with Crippen LogP contribution in [0, 0.1) is 0 Å². The van der Waals surface area contributed by atoms with Crippen molar-refractivity contribution in [2.45, 2.75) is 19.8 Å². The second kappa shape index (κ2) is 5.60. The number of hydrogen-bond donors (Lipinski definition) is 3. The Bertz CT molecular complexity index is 469. The van der Waals surface area contributed by atoms with Crippen LogP contribution in [-0.2, 0) is 6.42 Å². The quantitative estimate of drug-likeness (QED) is 0.561. The van der Waals surface area contributed by atoms with Crippen molar-refractivity contribution >= 4 is 28.7 Å². The van der Waals surface area contributed by atoms with Gasteiger partial charge in [0, 0.05) is 17.9 Å². The molecule has 2 aromatic rings. The minimum Gasteiger partial charge on any atom is -0.339 e. The molecule has 0 unspecified atom stereocenters. The van der Waals surface area contributed by atoms with Crippen molar-refractivity contribution in [3.63, 3.8) is 0 Å². The summed E-state index contributed by atoms with van der Waals surface area (Å²) in [6.45, 7) is 2.10. The minimum absolute atomic E-state index is 0.626. The van der Waals surface area contributed by atoms with E-state index in [0.717, 1.165) is 30.2 Å². The van der Waals surface area contributed by atoms with Crippen molar-refractivity contribution < 1.29 is 0 Å². The van der Waals surface area contributed by atoms with Crippen LogP contribution >= 0.6 is 11.3 Å². The average Bonchev–Trinajstić information content (AvgIpc) is 2.82. The molecule has 0 saturated carbocycles. The van der Waals surface area contributed by atoms with E-state index in [0.29, 0.717) is 5.82 Å². The van der Waals surface area contributed by atoms with Gasteiger partial charge < -0.3 is 10.7 Å². The Morgan fingerprint density at radius 1 is 1.35 bits per heavy atom. The van der Waals surface area contributed by atoms with Gasteiger partial charge >= 0.3 is 0 Å². The normalized spacial score (nSPS) is 10.2. The number of thiophene rings is 1. The predicted octanol–water partition coefficient (Wildman–Crippen LogP) is 2.52. The Kier molecular flexibility index (Phi) is 3.89. The molecular formula is C11H15N5S. The highest BCUT2D eigenvalue weighted by Gasteiger charge is 2.04. The molecule has 0 aliphatic carbocycles. The van der Waals surface area contributed by atoms with E-state index >= 15 is 0 Å². The fourth-order valence-corrected chi connectivity index (χ4v) is 2.04. The number of nitrogens with two attached hydrogens (primary N) is 1. The maximum absolute atomic E-state index is 5.39. The zero-order chi connectivity index (χ0) is 12.1. The van der Waals surface area contributed by atoms with Gasteiger partial charge in [-0.2, -0.15) is 11.3 Å². The van der Waals surface area contributed by atoms with Crippen LogP contribution in [0.3, 0.4) is 0 Å². The monoisotopic (exact) mass is 249 g/mol. The summed E-state index contributed by atoms with van der Waals surface area (Å²) >= 11 is 1.64. The van der Waals surface area contributed by atoms with Crippen LogP contribution in [-0.4, -0.2) is 9.97 Å². The molecule has 0 atom stereocenters. The van der Waals surface area contributed by atoms with Crippen molar-refractivity contribution in [2.75, 3.05) is 10.7 Å². The predicted molar refractivity (Wildman–Crippen MR) is 71.4 cm³/mol. The van der Waals surface area contributed by atoms with Gasteiger partial charge in [0.1, 0.15) is 17.5 Å². The van der Waals surface area contributed by atoms with Crippen LogP contribution in [0.5, 0.6) is 0 Å². The molecule has 0 radical (unpaired) electrons. The topological polar surface area (TPSA) is 75.9 Å². The molecule has 0 amide bonds. The molecule has 0 spiro atoms. The lowest BCUT2D eigenvalue weighted by Crippen LogP contribution is -2.11. The zero-order valence-electron chi connectivity index (χ0n) is 9.60. The molecule has 6 heteroatoms. The lowest BCUT2D eigenvalue weighted by molar-refractivity contribution is 0.837. The molecule has 0 bridgehead atoms. The van der Waals surface area contributed by atoms with E-state index in [2.05, 4.69) is 27.6 Å². The number of aromatic nitrogens is 2. The van der Waals surface area contributed by atoms with Gasteiger partial charge in [0.2, 0.25) is 0 Å². The Labute approximate surface area is 104 Å². The maximum atomic E-state index is 5.39. The Balaban J connectivity index is 2.23. The number of hydrazine groups is 1. The third-order valence-electron chi connectivity index (χ3n) is 2.19. The van der Waals surface area contributed by atoms with Crippen molar-refractivity contribution in [3.8, 4) is 0 Å². The van der Waals surface area contributed by atoms with Crippen LogP contribution in [0.15, 0.2) is 22.9 Å². The maximum Gasteiger partial charge on any atom is 0.145 e. The number of nitrogen functional groups attached to an aromatic ring is 1. The van der Waals surface area contributed by atoms with Crippen molar-refractivity contribution in [1.29, 1.82) is 0 Å². The highest BCUT2D eigenvalue weighted by molar-refractivity contribution is 7.08. The first-order chi connectivity index (χ1) is 8.31. The zero-order valence-corrected chi connectivity index (χ0v) is 10.4. The lowest BCUT2D eigenvalue weighted by atomic mass is 10.3. The lowest BCUT2D eigenvalue weighted by Gasteiger charge is -2.08. The molecule has 2 rings (SSSR count). The summed E-state index contributed by atoms with van der Waals surface area (Å²) in [5, 5.41) is 7.26. The van der Waals surface area contributed by atoms with Crippen LogP contribution in [0.25, 0.3) is 0 Å². The summed E-state index contributed by atoms with van der Waals surface area (Å²) < 4.78 is 0. The van der Waals surface area contributed by atoms with Crippen LogP contribution in [0.2, 0.25) is 0 Å². The highest BCUT2D eigenvalue weighted by atomic mass is 32.1. The first-order valence-electron chi connectivity index (χ1n) is 5.45. The summed E-state index contributed by atoms with van der Waals surface area (Å²) in [5.74, 6) is 7.57. The van der Waals surface area contributed by atoms with E-state index in [1.165, 1.54) is 0 Å². The standard InChI is InChI=1S/C11H15N5S/c1-2-3-9-14-10(6-11(15-9)16-12)13-8-4-5-17-7-8/h4-7H,2-3,12H2,1H3,(H2,13,14,15,16). The minimum atomic E-state index is 0.626. The van der Waals surface area contributed by atoms with Crippen molar-refractivity contribution in [1.82, 2.24) is 9.97 Å². The molecular weight excluding hydrogens is 234 g/mol. The molecule has 4 N–H and O–H groups in total. The highest BCUT2D eigenvalue weighted by Crippen LogP contribution is 2.19. The number of hydrogen-bond acceptors (Lipinski definition) is 6. The fraction of sp³-hybridized carbons (Fsp3) is 0.273. The number of anilines is 3. The molecule has 2 aromatic heterocycles. The van der Waals surface area contributed by atoms with Gasteiger partial charge in [-0.25, -0.2) is 15.8 Å². The molecule has 2 heterocycles. The van der Waals surface area contributed by atoms with E-state index < -0.39 is 0 Å². The van der Waals surface area contributed by atoms with E-state index in [-0.39, 0.29) is 0 Å². The fourth-order valence-electron chi connectivity index (χ4n) is 1.45. The van der Waals surface area contributed by atoms with Gasteiger partial charge in [-0.05, 0) is 17.9 Å². The first-order valence-corrected chi connectivity index (χ1v) is 6.40.